The number of nitro groups is 1. The zero-order valence-corrected chi connectivity index (χ0v) is 12.3. The molecule has 1 N–H and O–H groups in total. The van der Waals surface area contributed by atoms with Crippen molar-refractivity contribution >= 4 is 11.4 Å². The molecule has 110 valence electrons. The fraction of sp³-hybridized carbons (Fsp3) is 0.600. The van der Waals surface area contributed by atoms with Crippen molar-refractivity contribution in [2.75, 3.05) is 25.5 Å². The van der Waals surface area contributed by atoms with Gasteiger partial charge in [-0.1, -0.05) is 19.4 Å². The highest BCUT2D eigenvalue weighted by atomic mass is 16.6. The third-order valence-electron chi connectivity index (χ3n) is 4.13. The van der Waals surface area contributed by atoms with Gasteiger partial charge in [0.2, 0.25) is 0 Å². The van der Waals surface area contributed by atoms with Crippen molar-refractivity contribution in [1.82, 2.24) is 4.90 Å². The third-order valence-corrected chi connectivity index (χ3v) is 4.13. The molecule has 1 aromatic rings. The molecule has 0 aliphatic carbocycles. The Labute approximate surface area is 120 Å². The molecule has 1 heterocycles. The molecule has 0 saturated carbocycles. The van der Waals surface area contributed by atoms with Gasteiger partial charge in [-0.05, 0) is 38.9 Å². The van der Waals surface area contributed by atoms with E-state index in [1.165, 1.54) is 19.3 Å². The number of nitrogens with one attached hydrogen (secondary N) is 1. The lowest BCUT2D eigenvalue weighted by Crippen LogP contribution is -2.40. The zero-order chi connectivity index (χ0) is 14.5. The van der Waals surface area contributed by atoms with Crippen LogP contribution in [0.3, 0.4) is 0 Å². The summed E-state index contributed by atoms with van der Waals surface area (Å²) in [6.07, 6.45) is 4.41. The van der Waals surface area contributed by atoms with Crippen LogP contribution in [0.5, 0.6) is 0 Å². The van der Waals surface area contributed by atoms with Crippen LogP contribution in [0, 0.1) is 10.1 Å². The van der Waals surface area contributed by atoms with Crippen molar-refractivity contribution < 1.29 is 4.92 Å². The molecular formula is C15H23N3O2. The van der Waals surface area contributed by atoms with Crippen molar-refractivity contribution in [2.45, 2.75) is 38.6 Å². The molecule has 0 spiro atoms. The second-order valence-corrected chi connectivity index (χ2v) is 5.47. The summed E-state index contributed by atoms with van der Waals surface area (Å²) in [5, 5.41) is 14.4. The molecule has 20 heavy (non-hydrogen) atoms. The molecule has 0 bridgehead atoms. The van der Waals surface area contributed by atoms with Crippen LogP contribution in [0.25, 0.3) is 0 Å². The summed E-state index contributed by atoms with van der Waals surface area (Å²) in [5.74, 6) is 0. The van der Waals surface area contributed by atoms with E-state index in [0.29, 0.717) is 12.5 Å². The highest BCUT2D eigenvalue weighted by Gasteiger charge is 2.19. The molecule has 1 atom stereocenters. The first kappa shape index (κ1) is 14.8. The van der Waals surface area contributed by atoms with Crippen LogP contribution in [-0.4, -0.2) is 36.0 Å². The normalized spacial score (nSPS) is 19.8. The minimum absolute atomic E-state index is 0.217. The van der Waals surface area contributed by atoms with Crippen LogP contribution in [0.1, 0.15) is 31.7 Å². The van der Waals surface area contributed by atoms with Crippen LogP contribution in [0.2, 0.25) is 0 Å². The predicted molar refractivity (Wildman–Crippen MR) is 81.2 cm³/mol. The number of piperidine rings is 1. The van der Waals surface area contributed by atoms with E-state index in [0.717, 1.165) is 24.3 Å². The number of likely N-dealkylation sites (tertiary alicyclic amines) is 1. The zero-order valence-electron chi connectivity index (χ0n) is 12.3. The van der Waals surface area contributed by atoms with Gasteiger partial charge in [0.15, 0.2) is 0 Å². The molecule has 1 fully saturated rings. The standard InChI is InChI=1S/C15H23N3O2/c1-3-12-7-8-13(10-15(12)18(19)20)16-11-14-6-4-5-9-17(14)2/h7-8,10,14,16H,3-6,9,11H2,1-2H3. The van der Waals surface area contributed by atoms with E-state index < -0.39 is 0 Å². The second kappa shape index (κ2) is 6.70. The fourth-order valence-corrected chi connectivity index (χ4v) is 2.78. The van der Waals surface area contributed by atoms with Gasteiger partial charge in [0, 0.05) is 29.9 Å². The number of nitro benzene ring substituents is 1. The van der Waals surface area contributed by atoms with Gasteiger partial charge in [0.1, 0.15) is 0 Å². The van der Waals surface area contributed by atoms with Gasteiger partial charge < -0.3 is 10.2 Å². The van der Waals surface area contributed by atoms with Gasteiger partial charge >= 0.3 is 0 Å². The molecular weight excluding hydrogens is 254 g/mol. The van der Waals surface area contributed by atoms with Crippen molar-refractivity contribution in [1.29, 1.82) is 0 Å². The first-order valence-electron chi connectivity index (χ1n) is 7.33. The summed E-state index contributed by atoms with van der Waals surface area (Å²) in [4.78, 5) is 13.1. The summed E-state index contributed by atoms with van der Waals surface area (Å²) < 4.78 is 0. The molecule has 5 heteroatoms. The van der Waals surface area contributed by atoms with Crippen LogP contribution in [-0.2, 0) is 6.42 Å². The average Bonchev–Trinajstić information content (AvgIpc) is 2.46. The number of aryl methyl sites for hydroxylation is 1. The Morgan fingerprint density at radius 3 is 2.90 bits per heavy atom. The molecule has 0 radical (unpaired) electrons. The fourth-order valence-electron chi connectivity index (χ4n) is 2.78. The minimum atomic E-state index is -0.295. The maximum Gasteiger partial charge on any atom is 0.274 e. The van der Waals surface area contributed by atoms with E-state index in [-0.39, 0.29) is 10.6 Å². The van der Waals surface area contributed by atoms with E-state index in [9.17, 15) is 10.1 Å². The number of rotatable bonds is 5. The van der Waals surface area contributed by atoms with Gasteiger partial charge in [0.05, 0.1) is 4.92 Å². The highest BCUT2D eigenvalue weighted by molar-refractivity contribution is 5.55. The van der Waals surface area contributed by atoms with Gasteiger partial charge in [-0.3, -0.25) is 10.1 Å². The van der Waals surface area contributed by atoms with Crippen molar-refractivity contribution in [3.63, 3.8) is 0 Å². The molecule has 2 rings (SSSR count). The van der Waals surface area contributed by atoms with Crippen LogP contribution >= 0.6 is 0 Å². The lowest BCUT2D eigenvalue weighted by molar-refractivity contribution is -0.385. The minimum Gasteiger partial charge on any atom is -0.383 e. The van der Waals surface area contributed by atoms with Gasteiger partial charge in [-0.15, -0.1) is 0 Å². The summed E-state index contributed by atoms with van der Waals surface area (Å²) in [7, 11) is 2.15. The molecule has 1 aromatic carbocycles. The van der Waals surface area contributed by atoms with E-state index in [2.05, 4.69) is 17.3 Å². The molecule has 1 aliphatic heterocycles. The van der Waals surface area contributed by atoms with E-state index in [1.807, 2.05) is 19.1 Å². The van der Waals surface area contributed by atoms with E-state index in [4.69, 9.17) is 0 Å². The summed E-state index contributed by atoms with van der Waals surface area (Å²) >= 11 is 0. The molecule has 0 aromatic heterocycles. The van der Waals surface area contributed by atoms with Crippen molar-refractivity contribution in [2.24, 2.45) is 0 Å². The first-order chi connectivity index (χ1) is 9.61. The quantitative estimate of drug-likeness (QED) is 0.664. The van der Waals surface area contributed by atoms with Crippen LogP contribution in [0.4, 0.5) is 11.4 Å². The Morgan fingerprint density at radius 1 is 1.45 bits per heavy atom. The first-order valence-corrected chi connectivity index (χ1v) is 7.33. The maximum atomic E-state index is 11.1. The molecule has 1 unspecified atom stereocenters. The SMILES string of the molecule is CCc1ccc(NCC2CCCCN2C)cc1[N+](=O)[O-]. The van der Waals surface area contributed by atoms with Crippen LogP contribution in [0.15, 0.2) is 18.2 Å². The summed E-state index contributed by atoms with van der Waals surface area (Å²) in [6, 6.07) is 5.97. The number of hydrogen-bond acceptors (Lipinski definition) is 4. The topological polar surface area (TPSA) is 58.4 Å². The molecule has 1 aliphatic rings. The van der Waals surface area contributed by atoms with Gasteiger partial charge in [-0.2, -0.15) is 0 Å². The van der Waals surface area contributed by atoms with Crippen LogP contribution < -0.4 is 5.32 Å². The third kappa shape index (κ3) is 3.48. The van der Waals surface area contributed by atoms with Gasteiger partial charge in [-0.25, -0.2) is 0 Å². The summed E-state index contributed by atoms with van der Waals surface area (Å²) in [6.45, 7) is 3.92. The van der Waals surface area contributed by atoms with Crippen molar-refractivity contribution in [3.8, 4) is 0 Å². The molecule has 0 amide bonds. The Morgan fingerprint density at radius 2 is 2.25 bits per heavy atom. The maximum absolute atomic E-state index is 11.1. The number of anilines is 1. The monoisotopic (exact) mass is 277 g/mol. The number of hydrogen-bond donors (Lipinski definition) is 1. The Balaban J connectivity index is 2.02. The smallest absolute Gasteiger partial charge is 0.274 e. The molecule has 1 saturated heterocycles. The number of likely N-dealkylation sites (N-methyl/N-ethyl adjacent to an activating group) is 1. The largest absolute Gasteiger partial charge is 0.383 e. The predicted octanol–water partition coefficient (Wildman–Crippen LogP) is 3.05. The summed E-state index contributed by atoms with van der Waals surface area (Å²) in [5.41, 5.74) is 1.85. The number of benzene rings is 1. The van der Waals surface area contributed by atoms with Gasteiger partial charge in [0.25, 0.3) is 5.69 Å². The second-order valence-electron chi connectivity index (χ2n) is 5.47. The Bertz CT molecular complexity index is 476. The average molecular weight is 277 g/mol. The van der Waals surface area contributed by atoms with E-state index in [1.54, 1.807) is 6.07 Å². The highest BCUT2D eigenvalue weighted by Crippen LogP contribution is 2.24. The Kier molecular flexibility index (Phi) is 4.95. The Hall–Kier alpha value is -1.62. The number of nitrogens with zero attached hydrogens (tertiary/aromatic N) is 2. The van der Waals surface area contributed by atoms with Crippen molar-refractivity contribution in [3.05, 3.63) is 33.9 Å². The lowest BCUT2D eigenvalue weighted by Gasteiger charge is -2.32. The lowest BCUT2D eigenvalue weighted by atomic mass is 10.0. The van der Waals surface area contributed by atoms with E-state index >= 15 is 0 Å². The molecule has 5 nitrogen and oxygen atoms in total.